The molecule has 0 radical (unpaired) electrons. The monoisotopic (exact) mass is 315 g/mol. The van der Waals surface area contributed by atoms with Crippen LogP contribution in [0.3, 0.4) is 0 Å². The highest BCUT2D eigenvalue weighted by Gasteiger charge is 2.31. The average molecular weight is 315 g/mol. The normalized spacial score (nSPS) is 13.4. The van der Waals surface area contributed by atoms with E-state index >= 15 is 0 Å². The average Bonchev–Trinajstić information content (AvgIpc) is 2.85. The molecule has 1 aromatic heterocycles. The molecule has 0 fully saturated rings. The van der Waals surface area contributed by atoms with Gasteiger partial charge in [-0.3, -0.25) is 0 Å². The number of alkyl halides is 3. The van der Waals surface area contributed by atoms with Crippen LogP contribution in [0.4, 0.5) is 18.9 Å². The van der Waals surface area contributed by atoms with E-state index in [0.717, 1.165) is 23.4 Å². The van der Waals surface area contributed by atoms with Gasteiger partial charge in [0.25, 0.3) is 0 Å². The Balaban J connectivity index is 2.23. The Morgan fingerprint density at radius 1 is 1.19 bits per heavy atom. The molecule has 2 aromatic rings. The number of thiophene rings is 1. The Hall–Kier alpha value is -1.53. The molecule has 114 valence electrons. The summed E-state index contributed by atoms with van der Waals surface area (Å²) in [5.74, 6) is 0. The van der Waals surface area contributed by atoms with Gasteiger partial charge in [0.1, 0.15) is 0 Å². The van der Waals surface area contributed by atoms with Crippen molar-refractivity contribution in [3.63, 3.8) is 0 Å². The smallest absolute Gasteiger partial charge is 0.398 e. The van der Waals surface area contributed by atoms with Gasteiger partial charge in [0, 0.05) is 27.4 Å². The van der Waals surface area contributed by atoms with Gasteiger partial charge in [0.05, 0.1) is 11.7 Å². The molecule has 0 saturated heterocycles. The number of hydrogen-bond acceptors (Lipinski definition) is 3. The Morgan fingerprint density at radius 2 is 1.86 bits per heavy atom. The molecule has 1 aromatic carbocycles. The van der Waals surface area contributed by atoms with Gasteiger partial charge in [-0.15, -0.1) is 11.3 Å². The van der Waals surface area contributed by atoms with Gasteiger partial charge in [0.15, 0.2) is 0 Å². The van der Waals surface area contributed by atoms with E-state index in [2.05, 4.69) is 0 Å². The fourth-order valence-electron chi connectivity index (χ4n) is 2.06. The molecular weight excluding hydrogens is 299 g/mol. The van der Waals surface area contributed by atoms with E-state index in [0.29, 0.717) is 0 Å². The van der Waals surface area contributed by atoms with E-state index in [1.54, 1.807) is 11.3 Å². The lowest BCUT2D eigenvalue weighted by atomic mass is 10.0. The van der Waals surface area contributed by atoms with Crippen LogP contribution in [0.25, 0.3) is 0 Å². The Morgan fingerprint density at radius 3 is 2.43 bits per heavy atom. The fourth-order valence-corrected chi connectivity index (χ4v) is 3.06. The van der Waals surface area contributed by atoms with Crippen molar-refractivity contribution in [1.82, 2.24) is 0 Å². The zero-order chi connectivity index (χ0) is 15.6. The first-order valence-corrected chi connectivity index (χ1v) is 7.35. The first-order valence-electron chi connectivity index (χ1n) is 6.53. The summed E-state index contributed by atoms with van der Waals surface area (Å²) in [7, 11) is 0. The van der Waals surface area contributed by atoms with Gasteiger partial charge in [-0.1, -0.05) is 6.92 Å². The molecule has 2 nitrogen and oxygen atoms in total. The molecule has 3 N–H and O–H groups in total. The van der Waals surface area contributed by atoms with Gasteiger partial charge < -0.3 is 10.8 Å². The highest BCUT2D eigenvalue weighted by molar-refractivity contribution is 7.11. The van der Waals surface area contributed by atoms with E-state index in [-0.39, 0.29) is 17.7 Å². The highest BCUT2D eigenvalue weighted by atomic mass is 32.1. The van der Waals surface area contributed by atoms with E-state index in [1.165, 1.54) is 10.9 Å². The quantitative estimate of drug-likeness (QED) is 0.831. The van der Waals surface area contributed by atoms with E-state index < -0.39 is 17.8 Å². The molecule has 0 aliphatic rings. The maximum Gasteiger partial charge on any atom is 0.416 e. The van der Waals surface area contributed by atoms with E-state index in [1.807, 2.05) is 19.1 Å². The number of aliphatic hydroxyl groups excluding tert-OH is 1. The number of aryl methyl sites for hydroxylation is 1. The van der Waals surface area contributed by atoms with Crippen molar-refractivity contribution in [3.8, 4) is 0 Å². The van der Waals surface area contributed by atoms with Crippen LogP contribution in [-0.4, -0.2) is 5.11 Å². The molecular formula is C15H16F3NOS. The third kappa shape index (κ3) is 3.77. The summed E-state index contributed by atoms with van der Waals surface area (Å²) in [6, 6.07) is 6.88. The van der Waals surface area contributed by atoms with Gasteiger partial charge >= 0.3 is 6.18 Å². The molecule has 1 atom stereocenters. The van der Waals surface area contributed by atoms with Crippen molar-refractivity contribution >= 4 is 17.0 Å². The van der Waals surface area contributed by atoms with Crippen molar-refractivity contribution < 1.29 is 18.3 Å². The van der Waals surface area contributed by atoms with E-state index in [9.17, 15) is 18.3 Å². The van der Waals surface area contributed by atoms with Crippen molar-refractivity contribution in [2.75, 3.05) is 5.73 Å². The number of anilines is 1. The molecule has 0 aliphatic carbocycles. The Labute approximate surface area is 125 Å². The zero-order valence-electron chi connectivity index (χ0n) is 11.4. The maximum absolute atomic E-state index is 12.7. The van der Waals surface area contributed by atoms with Gasteiger partial charge in [0.2, 0.25) is 0 Å². The summed E-state index contributed by atoms with van der Waals surface area (Å²) in [5, 5.41) is 10.2. The number of benzene rings is 1. The summed E-state index contributed by atoms with van der Waals surface area (Å²) >= 11 is 1.55. The summed E-state index contributed by atoms with van der Waals surface area (Å²) in [5.41, 5.74) is 5.19. The van der Waals surface area contributed by atoms with Crippen LogP contribution < -0.4 is 5.73 Å². The second kappa shape index (κ2) is 6.07. The summed E-state index contributed by atoms with van der Waals surface area (Å²) < 4.78 is 38.2. The summed E-state index contributed by atoms with van der Waals surface area (Å²) in [4.78, 5) is 2.10. The molecule has 0 bridgehead atoms. The van der Waals surface area contributed by atoms with Crippen LogP contribution >= 0.6 is 11.3 Å². The molecule has 1 heterocycles. The molecule has 2 rings (SSSR count). The van der Waals surface area contributed by atoms with Crippen molar-refractivity contribution in [2.45, 2.75) is 32.0 Å². The largest absolute Gasteiger partial charge is 0.416 e. The zero-order valence-corrected chi connectivity index (χ0v) is 12.3. The molecule has 6 heteroatoms. The lowest BCUT2D eigenvalue weighted by Crippen LogP contribution is -2.10. The number of hydrogen-bond donors (Lipinski definition) is 2. The lowest BCUT2D eigenvalue weighted by molar-refractivity contribution is -0.137. The van der Waals surface area contributed by atoms with Gasteiger partial charge in [-0.05, 0) is 36.8 Å². The molecule has 0 saturated carbocycles. The number of nitrogen functional groups attached to an aromatic ring is 1. The van der Waals surface area contributed by atoms with Crippen LogP contribution in [0.5, 0.6) is 0 Å². The van der Waals surface area contributed by atoms with Crippen molar-refractivity contribution in [3.05, 3.63) is 51.2 Å². The summed E-state index contributed by atoms with van der Waals surface area (Å²) in [6.45, 7) is 2.02. The maximum atomic E-state index is 12.7. The molecule has 1 unspecified atom stereocenters. The van der Waals surface area contributed by atoms with Crippen molar-refractivity contribution in [1.29, 1.82) is 0 Å². The Bertz CT molecular complexity index is 622. The third-order valence-electron chi connectivity index (χ3n) is 3.23. The fraction of sp³-hybridized carbons (Fsp3) is 0.333. The first-order chi connectivity index (χ1) is 9.81. The molecule has 21 heavy (non-hydrogen) atoms. The van der Waals surface area contributed by atoms with Crippen LogP contribution in [0.1, 0.15) is 33.9 Å². The predicted molar refractivity (Wildman–Crippen MR) is 78.2 cm³/mol. The SMILES string of the molecule is CCc1ccc(CC(O)c2cc(C(F)(F)F)ccc2N)s1. The van der Waals surface area contributed by atoms with Gasteiger partial charge in [-0.2, -0.15) is 13.2 Å². The standard InChI is InChI=1S/C15H16F3NOS/c1-2-10-4-5-11(21-10)8-14(20)12-7-9(15(16,17)18)3-6-13(12)19/h3-7,14,20H,2,8,19H2,1H3. The number of aliphatic hydroxyl groups is 1. The highest BCUT2D eigenvalue weighted by Crippen LogP contribution is 2.34. The number of halogens is 3. The third-order valence-corrected chi connectivity index (χ3v) is 4.49. The number of rotatable bonds is 4. The summed E-state index contributed by atoms with van der Waals surface area (Å²) in [6.07, 6.45) is -4.33. The molecule has 0 aliphatic heterocycles. The minimum absolute atomic E-state index is 0.122. The van der Waals surface area contributed by atoms with Crippen LogP contribution in [-0.2, 0) is 19.0 Å². The minimum atomic E-state index is -4.44. The number of nitrogens with two attached hydrogens (primary N) is 1. The molecule has 0 spiro atoms. The molecule has 0 amide bonds. The topological polar surface area (TPSA) is 46.2 Å². The van der Waals surface area contributed by atoms with Crippen LogP contribution in [0.2, 0.25) is 0 Å². The minimum Gasteiger partial charge on any atom is -0.398 e. The van der Waals surface area contributed by atoms with Crippen molar-refractivity contribution in [2.24, 2.45) is 0 Å². The lowest BCUT2D eigenvalue weighted by Gasteiger charge is -2.15. The van der Waals surface area contributed by atoms with E-state index in [4.69, 9.17) is 5.73 Å². The predicted octanol–water partition coefficient (Wildman–Crippen LogP) is 4.19. The van der Waals surface area contributed by atoms with Crippen LogP contribution in [0, 0.1) is 0 Å². The van der Waals surface area contributed by atoms with Gasteiger partial charge in [-0.25, -0.2) is 0 Å². The van der Waals surface area contributed by atoms with Crippen LogP contribution in [0.15, 0.2) is 30.3 Å². The second-order valence-electron chi connectivity index (χ2n) is 4.78. The second-order valence-corrected chi connectivity index (χ2v) is 6.04. The Kier molecular flexibility index (Phi) is 4.58. The first kappa shape index (κ1) is 15.9.